The number of amides is 1. The van der Waals surface area contributed by atoms with Gasteiger partial charge in [0.1, 0.15) is 0 Å². The van der Waals surface area contributed by atoms with Crippen LogP contribution >= 0.6 is 0 Å². The van der Waals surface area contributed by atoms with Gasteiger partial charge in [0.05, 0.1) is 0 Å². The highest BCUT2D eigenvalue weighted by Crippen LogP contribution is 2.17. The molecule has 5 heteroatoms. The summed E-state index contributed by atoms with van der Waals surface area (Å²) in [4.78, 5) is 18.1. The van der Waals surface area contributed by atoms with E-state index in [9.17, 15) is 4.79 Å². The zero-order valence-electron chi connectivity index (χ0n) is 12.8. The molecule has 0 atom stereocenters. The van der Waals surface area contributed by atoms with Crippen molar-refractivity contribution in [1.82, 2.24) is 15.0 Å². The Morgan fingerprint density at radius 1 is 1.29 bits per heavy atom. The lowest BCUT2D eigenvalue weighted by atomic mass is 10.1. The fourth-order valence-corrected chi connectivity index (χ4v) is 2.21. The van der Waals surface area contributed by atoms with E-state index >= 15 is 0 Å². The molecule has 0 saturated heterocycles. The highest BCUT2D eigenvalue weighted by molar-refractivity contribution is 5.76. The van der Waals surface area contributed by atoms with Crippen molar-refractivity contribution in [2.45, 2.75) is 33.6 Å². The second-order valence-electron chi connectivity index (χ2n) is 4.95. The number of hydrogen-bond acceptors (Lipinski definition) is 4. The van der Waals surface area contributed by atoms with E-state index in [1.165, 1.54) is 0 Å². The zero-order chi connectivity index (χ0) is 15.2. The molecule has 0 spiro atoms. The number of rotatable bonds is 6. The Bertz CT molecular complexity index is 603. The summed E-state index contributed by atoms with van der Waals surface area (Å²) in [5.74, 6) is 1.20. The standard InChI is InChI=1S/C16H21N3O2/c1-4-19(5-2)15(20)10-9-14-17-16(18-21-14)13-8-6-7-12(3)11-13/h6-8,11H,4-5,9-10H2,1-3H3. The van der Waals surface area contributed by atoms with Gasteiger partial charge in [-0.25, -0.2) is 0 Å². The first-order valence-electron chi connectivity index (χ1n) is 7.31. The van der Waals surface area contributed by atoms with E-state index < -0.39 is 0 Å². The van der Waals surface area contributed by atoms with Crippen LogP contribution in [0, 0.1) is 6.92 Å². The van der Waals surface area contributed by atoms with Crippen molar-refractivity contribution >= 4 is 5.91 Å². The molecular weight excluding hydrogens is 266 g/mol. The summed E-state index contributed by atoms with van der Waals surface area (Å²) < 4.78 is 5.22. The minimum atomic E-state index is 0.121. The van der Waals surface area contributed by atoms with E-state index in [0.29, 0.717) is 24.6 Å². The summed E-state index contributed by atoms with van der Waals surface area (Å²) >= 11 is 0. The molecule has 1 aromatic carbocycles. The van der Waals surface area contributed by atoms with Crippen LogP contribution in [0.4, 0.5) is 0 Å². The molecule has 0 radical (unpaired) electrons. The first-order valence-corrected chi connectivity index (χ1v) is 7.31. The van der Waals surface area contributed by atoms with Crippen LogP contribution in [0.3, 0.4) is 0 Å². The molecule has 0 aliphatic heterocycles. The minimum Gasteiger partial charge on any atom is -0.343 e. The highest BCUT2D eigenvalue weighted by atomic mass is 16.5. The molecule has 5 nitrogen and oxygen atoms in total. The summed E-state index contributed by atoms with van der Waals surface area (Å²) in [6, 6.07) is 7.94. The molecule has 112 valence electrons. The van der Waals surface area contributed by atoms with Gasteiger partial charge < -0.3 is 9.42 Å². The van der Waals surface area contributed by atoms with Gasteiger partial charge in [-0.2, -0.15) is 4.98 Å². The fraction of sp³-hybridized carbons (Fsp3) is 0.438. The fourth-order valence-electron chi connectivity index (χ4n) is 2.21. The van der Waals surface area contributed by atoms with Crippen LogP contribution in [-0.2, 0) is 11.2 Å². The monoisotopic (exact) mass is 287 g/mol. The Kier molecular flexibility index (Phi) is 5.09. The van der Waals surface area contributed by atoms with Crippen LogP contribution < -0.4 is 0 Å². The second kappa shape index (κ2) is 7.02. The van der Waals surface area contributed by atoms with Gasteiger partial charge >= 0.3 is 0 Å². The number of benzene rings is 1. The molecule has 1 amide bonds. The third-order valence-electron chi connectivity index (χ3n) is 3.41. The van der Waals surface area contributed by atoms with Crippen molar-refractivity contribution in [1.29, 1.82) is 0 Å². The lowest BCUT2D eigenvalue weighted by Crippen LogP contribution is -2.30. The maximum absolute atomic E-state index is 11.9. The molecule has 0 fully saturated rings. The van der Waals surface area contributed by atoms with Gasteiger partial charge in [0.15, 0.2) is 0 Å². The number of carbonyl (C=O) groups excluding carboxylic acids is 1. The van der Waals surface area contributed by atoms with Gasteiger partial charge in [0.2, 0.25) is 17.6 Å². The third kappa shape index (κ3) is 3.90. The maximum Gasteiger partial charge on any atom is 0.227 e. The zero-order valence-corrected chi connectivity index (χ0v) is 12.8. The number of carbonyl (C=O) groups is 1. The second-order valence-corrected chi connectivity index (χ2v) is 4.95. The smallest absolute Gasteiger partial charge is 0.227 e. The van der Waals surface area contributed by atoms with Gasteiger partial charge in [-0.15, -0.1) is 0 Å². The number of aromatic nitrogens is 2. The van der Waals surface area contributed by atoms with Gasteiger partial charge in [-0.1, -0.05) is 28.9 Å². The number of hydrogen-bond donors (Lipinski definition) is 0. The third-order valence-corrected chi connectivity index (χ3v) is 3.41. The van der Waals surface area contributed by atoms with Crippen molar-refractivity contribution in [2.75, 3.05) is 13.1 Å². The average Bonchev–Trinajstić information content (AvgIpc) is 2.95. The van der Waals surface area contributed by atoms with Crippen LogP contribution in [0.5, 0.6) is 0 Å². The van der Waals surface area contributed by atoms with E-state index in [0.717, 1.165) is 24.2 Å². The molecule has 0 aliphatic rings. The molecule has 1 heterocycles. The predicted octanol–water partition coefficient (Wildman–Crippen LogP) is 2.85. The van der Waals surface area contributed by atoms with E-state index in [1.54, 1.807) is 4.90 Å². The van der Waals surface area contributed by atoms with E-state index in [4.69, 9.17) is 4.52 Å². The molecule has 2 rings (SSSR count). The van der Waals surface area contributed by atoms with Gasteiger partial charge in [0, 0.05) is 31.5 Å². The topological polar surface area (TPSA) is 59.2 Å². The van der Waals surface area contributed by atoms with Crippen LogP contribution in [0.2, 0.25) is 0 Å². The minimum absolute atomic E-state index is 0.121. The summed E-state index contributed by atoms with van der Waals surface area (Å²) in [5, 5.41) is 3.98. The quantitative estimate of drug-likeness (QED) is 0.819. The van der Waals surface area contributed by atoms with Crippen molar-refractivity contribution in [3.63, 3.8) is 0 Å². The molecule has 0 saturated carbocycles. The Morgan fingerprint density at radius 2 is 2.05 bits per heavy atom. The van der Waals surface area contributed by atoms with Crippen molar-refractivity contribution in [2.24, 2.45) is 0 Å². The molecule has 0 aliphatic carbocycles. The van der Waals surface area contributed by atoms with E-state index in [-0.39, 0.29) is 5.91 Å². The molecule has 21 heavy (non-hydrogen) atoms. The molecular formula is C16H21N3O2. The molecule has 2 aromatic rings. The largest absolute Gasteiger partial charge is 0.343 e. The van der Waals surface area contributed by atoms with Crippen LogP contribution in [0.25, 0.3) is 11.4 Å². The lowest BCUT2D eigenvalue weighted by molar-refractivity contribution is -0.130. The first kappa shape index (κ1) is 15.2. The lowest BCUT2D eigenvalue weighted by Gasteiger charge is -2.17. The molecule has 0 bridgehead atoms. The maximum atomic E-state index is 11.9. The van der Waals surface area contributed by atoms with Crippen LogP contribution in [0.15, 0.2) is 28.8 Å². The summed E-state index contributed by atoms with van der Waals surface area (Å²) in [6.45, 7) is 7.43. The summed E-state index contributed by atoms with van der Waals surface area (Å²) in [6.07, 6.45) is 0.880. The van der Waals surface area contributed by atoms with Crippen LogP contribution in [-0.4, -0.2) is 34.0 Å². The number of aryl methyl sites for hydroxylation is 2. The Morgan fingerprint density at radius 3 is 2.71 bits per heavy atom. The van der Waals surface area contributed by atoms with Crippen molar-refractivity contribution in [3.8, 4) is 11.4 Å². The van der Waals surface area contributed by atoms with Gasteiger partial charge in [-0.3, -0.25) is 4.79 Å². The Hall–Kier alpha value is -2.17. The molecule has 0 unspecified atom stereocenters. The normalized spacial score (nSPS) is 10.6. The molecule has 0 N–H and O–H groups in total. The van der Waals surface area contributed by atoms with Crippen LogP contribution in [0.1, 0.15) is 31.7 Å². The van der Waals surface area contributed by atoms with E-state index in [1.807, 2.05) is 45.0 Å². The van der Waals surface area contributed by atoms with Gasteiger partial charge in [0.25, 0.3) is 0 Å². The average molecular weight is 287 g/mol. The highest BCUT2D eigenvalue weighted by Gasteiger charge is 2.13. The van der Waals surface area contributed by atoms with Gasteiger partial charge in [-0.05, 0) is 26.8 Å². The van der Waals surface area contributed by atoms with Crippen molar-refractivity contribution < 1.29 is 9.32 Å². The Balaban J connectivity index is 1.99. The van der Waals surface area contributed by atoms with Crippen molar-refractivity contribution in [3.05, 3.63) is 35.7 Å². The predicted molar refractivity (Wildman–Crippen MR) is 80.7 cm³/mol. The summed E-state index contributed by atoms with van der Waals surface area (Å²) in [7, 11) is 0. The first-order chi connectivity index (χ1) is 10.1. The molecule has 1 aromatic heterocycles. The Labute approximate surface area is 125 Å². The number of nitrogens with zero attached hydrogens (tertiary/aromatic N) is 3. The summed E-state index contributed by atoms with van der Waals surface area (Å²) in [5.41, 5.74) is 2.08. The van der Waals surface area contributed by atoms with E-state index in [2.05, 4.69) is 10.1 Å². The SMILES string of the molecule is CCN(CC)C(=O)CCc1nc(-c2cccc(C)c2)no1.